The number of ether oxygens (including phenoxy) is 3. The van der Waals surface area contributed by atoms with Crippen molar-refractivity contribution in [2.75, 3.05) is 25.6 Å². The van der Waals surface area contributed by atoms with Gasteiger partial charge in [0.25, 0.3) is 0 Å². The largest absolute Gasteiger partial charge is 0.462 e. The van der Waals surface area contributed by atoms with Gasteiger partial charge in [0.15, 0.2) is 5.44 Å². The summed E-state index contributed by atoms with van der Waals surface area (Å²) in [7, 11) is 0. The third kappa shape index (κ3) is 6.33. The predicted octanol–water partition coefficient (Wildman–Crippen LogP) is 1.13. The smallest absolute Gasteiger partial charge is 0.330 e. The Labute approximate surface area is 104 Å². The van der Waals surface area contributed by atoms with Gasteiger partial charge in [0.1, 0.15) is 6.61 Å². The van der Waals surface area contributed by atoms with Crippen molar-refractivity contribution in [3.05, 3.63) is 12.7 Å². The van der Waals surface area contributed by atoms with Gasteiger partial charge in [-0.1, -0.05) is 6.58 Å². The van der Waals surface area contributed by atoms with Crippen molar-refractivity contribution in [1.29, 1.82) is 0 Å². The second-order valence-corrected chi connectivity index (χ2v) is 4.61. The van der Waals surface area contributed by atoms with Crippen LogP contribution in [-0.4, -0.2) is 42.9 Å². The molecule has 1 atom stereocenters. The van der Waals surface area contributed by atoms with Crippen LogP contribution in [0.2, 0.25) is 0 Å². The molecule has 0 aromatic carbocycles. The maximum absolute atomic E-state index is 11.4. The Morgan fingerprint density at radius 1 is 1.53 bits per heavy atom. The predicted molar refractivity (Wildman–Crippen MR) is 63.5 cm³/mol. The average molecular weight is 260 g/mol. The minimum absolute atomic E-state index is 0.0158. The molecule has 1 rings (SSSR count). The van der Waals surface area contributed by atoms with Gasteiger partial charge in [-0.25, -0.2) is 4.79 Å². The molecule has 0 amide bonds. The highest BCUT2D eigenvalue weighted by Gasteiger charge is 2.17. The highest BCUT2D eigenvalue weighted by molar-refractivity contribution is 7.99. The summed E-state index contributed by atoms with van der Waals surface area (Å²) in [5.41, 5.74) is -0.250. The lowest BCUT2D eigenvalue weighted by molar-refractivity contribution is -0.149. The van der Waals surface area contributed by atoms with Gasteiger partial charge in [0.05, 0.1) is 13.0 Å². The Kier molecular flexibility index (Phi) is 6.73. The second kappa shape index (κ2) is 8.14. The van der Waals surface area contributed by atoms with Gasteiger partial charge in [0, 0.05) is 12.7 Å². The molecule has 0 radical (unpaired) electrons. The molecule has 5 nitrogen and oxygen atoms in total. The second-order valence-electron chi connectivity index (χ2n) is 3.34. The first-order valence-electron chi connectivity index (χ1n) is 5.40. The fraction of sp³-hybridized carbons (Fsp3) is 0.636. The normalized spacial score (nSPS) is 20.1. The molecule has 0 aromatic heterocycles. The Morgan fingerprint density at radius 3 is 3.12 bits per heavy atom. The van der Waals surface area contributed by atoms with Crippen LogP contribution in [0.3, 0.4) is 0 Å². The zero-order chi connectivity index (χ0) is 12.5. The molecule has 1 heterocycles. The summed E-state index contributed by atoms with van der Waals surface area (Å²) in [6.45, 7) is 4.39. The van der Waals surface area contributed by atoms with Crippen molar-refractivity contribution >= 4 is 23.7 Å². The molecule has 17 heavy (non-hydrogen) atoms. The van der Waals surface area contributed by atoms with Crippen LogP contribution in [0.4, 0.5) is 0 Å². The van der Waals surface area contributed by atoms with Crippen molar-refractivity contribution in [3.63, 3.8) is 0 Å². The summed E-state index contributed by atoms with van der Waals surface area (Å²) >= 11 is 1.56. The van der Waals surface area contributed by atoms with Gasteiger partial charge in [-0.3, -0.25) is 4.79 Å². The first-order chi connectivity index (χ1) is 8.22. The fourth-order valence-electron chi connectivity index (χ4n) is 1.17. The summed E-state index contributed by atoms with van der Waals surface area (Å²) in [6, 6.07) is 0. The van der Waals surface area contributed by atoms with E-state index in [0.717, 1.165) is 18.2 Å². The lowest BCUT2D eigenvalue weighted by Crippen LogP contribution is -2.20. The Balaban J connectivity index is 2.14. The van der Waals surface area contributed by atoms with E-state index in [9.17, 15) is 9.59 Å². The van der Waals surface area contributed by atoms with Crippen molar-refractivity contribution in [3.8, 4) is 0 Å². The molecule has 1 fully saturated rings. The number of carbonyl (C=O) groups excluding carboxylic acids is 2. The van der Waals surface area contributed by atoms with Gasteiger partial charge in [-0.2, -0.15) is 0 Å². The number of thioether (sulfide) groups is 1. The Bertz CT molecular complexity index is 271. The topological polar surface area (TPSA) is 61.8 Å². The van der Waals surface area contributed by atoms with Crippen molar-refractivity contribution in [2.45, 2.75) is 18.3 Å². The molecule has 1 aliphatic rings. The van der Waals surface area contributed by atoms with E-state index in [1.54, 1.807) is 11.8 Å². The van der Waals surface area contributed by atoms with Crippen LogP contribution in [0.5, 0.6) is 0 Å². The minimum Gasteiger partial charge on any atom is -0.462 e. The molecule has 0 N–H and O–H groups in total. The molecule has 1 aliphatic heterocycles. The van der Waals surface area contributed by atoms with Crippen LogP contribution in [0, 0.1) is 0 Å². The van der Waals surface area contributed by atoms with Crippen molar-refractivity contribution < 1.29 is 23.8 Å². The summed E-state index contributed by atoms with van der Waals surface area (Å²) < 4.78 is 15.1. The van der Waals surface area contributed by atoms with E-state index in [1.807, 2.05) is 0 Å². The van der Waals surface area contributed by atoms with Crippen LogP contribution in [0.15, 0.2) is 12.7 Å². The van der Waals surface area contributed by atoms with E-state index in [0.29, 0.717) is 13.2 Å². The summed E-state index contributed by atoms with van der Waals surface area (Å²) in [4.78, 5) is 22.1. The number of hydrogen-bond donors (Lipinski definition) is 0. The lowest BCUT2D eigenvalue weighted by Gasteiger charge is -2.14. The molecule has 0 aliphatic carbocycles. The van der Waals surface area contributed by atoms with Gasteiger partial charge in [-0.15, -0.1) is 11.8 Å². The highest BCUT2D eigenvalue weighted by Crippen LogP contribution is 2.18. The molecular weight excluding hydrogens is 244 g/mol. The summed E-state index contributed by atoms with van der Waals surface area (Å²) in [6.07, 6.45) is 2.08. The molecule has 1 unspecified atom stereocenters. The number of esters is 2. The maximum Gasteiger partial charge on any atom is 0.330 e. The molecule has 0 spiro atoms. The molecule has 0 aromatic rings. The fourth-order valence-corrected chi connectivity index (χ4v) is 2.09. The molecule has 6 heteroatoms. The van der Waals surface area contributed by atoms with Crippen LogP contribution in [0.25, 0.3) is 0 Å². The molecular formula is C11H16O5S. The van der Waals surface area contributed by atoms with Gasteiger partial charge < -0.3 is 14.2 Å². The van der Waals surface area contributed by atoms with Crippen LogP contribution in [-0.2, 0) is 23.8 Å². The number of rotatable bonds is 5. The summed E-state index contributed by atoms with van der Waals surface area (Å²) in [5, 5.41) is 0. The van der Waals surface area contributed by atoms with Gasteiger partial charge in [-0.05, 0) is 12.2 Å². The van der Waals surface area contributed by atoms with Gasteiger partial charge >= 0.3 is 11.9 Å². The zero-order valence-corrected chi connectivity index (χ0v) is 10.4. The monoisotopic (exact) mass is 260 g/mol. The van der Waals surface area contributed by atoms with E-state index in [4.69, 9.17) is 9.47 Å². The Morgan fingerprint density at radius 2 is 2.35 bits per heavy atom. The van der Waals surface area contributed by atoms with E-state index >= 15 is 0 Å². The number of carbonyl (C=O) groups is 2. The maximum atomic E-state index is 11.4. The lowest BCUT2D eigenvalue weighted by atomic mass is 10.4. The highest BCUT2D eigenvalue weighted by atomic mass is 32.2. The SMILES string of the molecule is C=CC(=O)OCCC(=O)OC1COCCCS1. The van der Waals surface area contributed by atoms with E-state index in [2.05, 4.69) is 11.3 Å². The van der Waals surface area contributed by atoms with Crippen LogP contribution in [0.1, 0.15) is 12.8 Å². The van der Waals surface area contributed by atoms with Crippen molar-refractivity contribution in [1.82, 2.24) is 0 Å². The third-order valence-electron chi connectivity index (χ3n) is 1.97. The van der Waals surface area contributed by atoms with E-state index in [-0.39, 0.29) is 24.4 Å². The molecule has 1 saturated heterocycles. The van der Waals surface area contributed by atoms with Crippen molar-refractivity contribution in [2.24, 2.45) is 0 Å². The van der Waals surface area contributed by atoms with E-state index < -0.39 is 5.97 Å². The first-order valence-corrected chi connectivity index (χ1v) is 6.45. The Hall–Kier alpha value is -1.01. The molecule has 96 valence electrons. The minimum atomic E-state index is -0.537. The van der Waals surface area contributed by atoms with Crippen LogP contribution >= 0.6 is 11.8 Å². The summed E-state index contributed by atoms with van der Waals surface area (Å²) in [5.74, 6) is -0.00141. The molecule has 0 saturated carbocycles. The average Bonchev–Trinajstić information content (AvgIpc) is 2.57. The standard InChI is InChI=1S/C11H16O5S/c1-2-9(12)15-6-4-10(13)16-11-8-14-5-3-7-17-11/h2,11H,1,3-8H2. The van der Waals surface area contributed by atoms with Crippen LogP contribution < -0.4 is 0 Å². The third-order valence-corrected chi connectivity index (χ3v) is 3.10. The first kappa shape index (κ1) is 14.1. The molecule has 0 bridgehead atoms. The van der Waals surface area contributed by atoms with Gasteiger partial charge in [0.2, 0.25) is 0 Å². The van der Waals surface area contributed by atoms with E-state index in [1.165, 1.54) is 0 Å². The zero-order valence-electron chi connectivity index (χ0n) is 9.55. The quantitative estimate of drug-likeness (QED) is 0.545. The number of hydrogen-bond acceptors (Lipinski definition) is 6.